The number of hydrogen-bond donors (Lipinski definition) is 1. The van der Waals surface area contributed by atoms with Crippen molar-refractivity contribution in [2.75, 3.05) is 0 Å². The molecule has 13 heavy (non-hydrogen) atoms. The van der Waals surface area contributed by atoms with Crippen molar-refractivity contribution in [1.29, 1.82) is 0 Å². The van der Waals surface area contributed by atoms with Gasteiger partial charge in [0.15, 0.2) is 0 Å². The van der Waals surface area contributed by atoms with Gasteiger partial charge in [0.2, 0.25) is 0 Å². The van der Waals surface area contributed by atoms with Crippen LogP contribution in [0.2, 0.25) is 0 Å². The highest BCUT2D eigenvalue weighted by atomic mass is 14.8. The molecule has 0 fully saturated rings. The zero-order chi connectivity index (χ0) is 9.26. The van der Waals surface area contributed by atoms with Crippen molar-refractivity contribution in [3.8, 4) is 0 Å². The van der Waals surface area contributed by atoms with Gasteiger partial charge >= 0.3 is 0 Å². The van der Waals surface area contributed by atoms with E-state index in [4.69, 9.17) is 0 Å². The quantitative estimate of drug-likeness (QED) is 0.745. The van der Waals surface area contributed by atoms with Crippen molar-refractivity contribution >= 4 is 11.0 Å². The summed E-state index contributed by atoms with van der Waals surface area (Å²) in [7, 11) is 0. The molecule has 0 bridgehead atoms. The zero-order valence-corrected chi connectivity index (χ0v) is 8.09. The van der Waals surface area contributed by atoms with Gasteiger partial charge in [0.25, 0.3) is 0 Å². The van der Waals surface area contributed by atoms with Gasteiger partial charge in [-0.3, -0.25) is 0 Å². The molecule has 0 unspecified atom stereocenters. The number of nitrogens with zero attached hydrogens (tertiary/aromatic N) is 1. The monoisotopic (exact) mass is 174 g/mol. The molecule has 0 atom stereocenters. The summed E-state index contributed by atoms with van der Waals surface area (Å²) in [6.07, 6.45) is 6.26. The maximum absolute atomic E-state index is 4.37. The van der Waals surface area contributed by atoms with Gasteiger partial charge in [0.05, 0.1) is 0 Å². The van der Waals surface area contributed by atoms with E-state index in [1.54, 1.807) is 0 Å². The van der Waals surface area contributed by atoms with Gasteiger partial charge in [-0.2, -0.15) is 0 Å². The molecule has 0 aliphatic carbocycles. The Kier molecular flexibility index (Phi) is 2.05. The average Bonchev–Trinajstić information content (AvgIpc) is 2.49. The molecule has 1 N–H and O–H groups in total. The third-order valence-corrected chi connectivity index (χ3v) is 2.33. The van der Waals surface area contributed by atoms with Crippen molar-refractivity contribution in [3.05, 3.63) is 29.6 Å². The third-order valence-electron chi connectivity index (χ3n) is 2.33. The van der Waals surface area contributed by atoms with Crippen LogP contribution in [0.5, 0.6) is 0 Å². The van der Waals surface area contributed by atoms with Crippen LogP contribution in [-0.2, 0) is 6.42 Å². The summed E-state index contributed by atoms with van der Waals surface area (Å²) in [4.78, 5) is 7.51. The Labute approximate surface area is 78.0 Å². The number of pyridine rings is 1. The molecule has 2 aromatic rings. The number of aromatic amines is 1. The molecule has 68 valence electrons. The molecule has 0 amide bonds. The molecule has 2 heterocycles. The molecule has 0 aliphatic heterocycles. The van der Waals surface area contributed by atoms with Crippen molar-refractivity contribution < 1.29 is 0 Å². The molecular weight excluding hydrogens is 160 g/mol. The Morgan fingerprint density at radius 2 is 2.31 bits per heavy atom. The number of aryl methyl sites for hydroxylation is 2. The summed E-state index contributed by atoms with van der Waals surface area (Å²) in [5.41, 5.74) is 3.61. The summed E-state index contributed by atoms with van der Waals surface area (Å²) in [6, 6.07) is 2.23. The van der Waals surface area contributed by atoms with E-state index >= 15 is 0 Å². The van der Waals surface area contributed by atoms with Crippen molar-refractivity contribution in [3.63, 3.8) is 0 Å². The minimum atomic E-state index is 0.998. The van der Waals surface area contributed by atoms with Crippen LogP contribution in [0, 0.1) is 6.92 Å². The van der Waals surface area contributed by atoms with Gasteiger partial charge in [0, 0.05) is 17.8 Å². The topological polar surface area (TPSA) is 28.7 Å². The van der Waals surface area contributed by atoms with Gasteiger partial charge in [-0.1, -0.05) is 13.3 Å². The molecule has 2 aromatic heterocycles. The molecule has 0 saturated heterocycles. The Morgan fingerprint density at radius 1 is 1.46 bits per heavy atom. The van der Waals surface area contributed by atoms with E-state index in [-0.39, 0.29) is 0 Å². The lowest BCUT2D eigenvalue weighted by Crippen LogP contribution is -1.85. The van der Waals surface area contributed by atoms with Gasteiger partial charge in [-0.05, 0) is 30.5 Å². The van der Waals surface area contributed by atoms with E-state index in [0.29, 0.717) is 0 Å². The smallest absolute Gasteiger partial charge is 0.137 e. The van der Waals surface area contributed by atoms with Crippen LogP contribution in [0.15, 0.2) is 18.5 Å². The number of nitrogens with one attached hydrogen (secondary N) is 1. The third kappa shape index (κ3) is 1.44. The fraction of sp³-hybridized carbons (Fsp3) is 0.364. The number of hydrogen-bond acceptors (Lipinski definition) is 1. The highest BCUT2D eigenvalue weighted by molar-refractivity contribution is 5.79. The second-order valence-corrected chi connectivity index (χ2v) is 3.46. The zero-order valence-electron chi connectivity index (χ0n) is 8.09. The SMILES string of the molecule is CCCc1cnc2[nH]cc(C)c2c1. The summed E-state index contributed by atoms with van der Waals surface area (Å²) in [6.45, 7) is 4.30. The molecule has 2 nitrogen and oxygen atoms in total. The maximum atomic E-state index is 4.37. The normalized spacial score (nSPS) is 10.9. The van der Waals surface area contributed by atoms with E-state index in [1.807, 2.05) is 12.4 Å². The van der Waals surface area contributed by atoms with E-state index in [2.05, 4.69) is 29.9 Å². The first kappa shape index (κ1) is 8.30. The first-order valence-electron chi connectivity index (χ1n) is 4.74. The van der Waals surface area contributed by atoms with E-state index < -0.39 is 0 Å². The number of fused-ring (bicyclic) bond motifs is 1. The van der Waals surface area contributed by atoms with Gasteiger partial charge in [-0.25, -0.2) is 4.98 Å². The van der Waals surface area contributed by atoms with E-state index in [9.17, 15) is 0 Å². The highest BCUT2D eigenvalue weighted by Gasteiger charge is 2.01. The first-order chi connectivity index (χ1) is 6.31. The average molecular weight is 174 g/mol. The van der Waals surface area contributed by atoms with E-state index in [0.717, 1.165) is 12.1 Å². The van der Waals surface area contributed by atoms with Crippen LogP contribution in [0.25, 0.3) is 11.0 Å². The van der Waals surface area contributed by atoms with E-state index in [1.165, 1.54) is 22.9 Å². The molecule has 0 radical (unpaired) electrons. The Balaban J connectivity index is 2.53. The molecular formula is C11H14N2. The van der Waals surface area contributed by atoms with Gasteiger partial charge < -0.3 is 4.98 Å². The van der Waals surface area contributed by atoms with Gasteiger partial charge in [0.1, 0.15) is 5.65 Å². The van der Waals surface area contributed by atoms with Crippen molar-refractivity contribution in [2.45, 2.75) is 26.7 Å². The van der Waals surface area contributed by atoms with Crippen molar-refractivity contribution in [2.24, 2.45) is 0 Å². The fourth-order valence-electron chi connectivity index (χ4n) is 1.60. The molecule has 2 heteroatoms. The Morgan fingerprint density at radius 3 is 3.08 bits per heavy atom. The molecule has 0 spiro atoms. The number of rotatable bonds is 2. The first-order valence-corrected chi connectivity index (χ1v) is 4.74. The highest BCUT2D eigenvalue weighted by Crippen LogP contribution is 2.17. The summed E-state index contributed by atoms with van der Waals surface area (Å²) >= 11 is 0. The molecule has 0 saturated carbocycles. The fourth-order valence-corrected chi connectivity index (χ4v) is 1.60. The van der Waals surface area contributed by atoms with Crippen LogP contribution in [0.1, 0.15) is 24.5 Å². The van der Waals surface area contributed by atoms with Crippen LogP contribution >= 0.6 is 0 Å². The predicted molar refractivity (Wildman–Crippen MR) is 54.8 cm³/mol. The lowest BCUT2D eigenvalue weighted by atomic mass is 10.1. The lowest BCUT2D eigenvalue weighted by molar-refractivity contribution is 0.917. The molecule has 2 rings (SSSR count). The maximum Gasteiger partial charge on any atom is 0.137 e. The standard InChI is InChI=1S/C11H14N2/c1-3-4-9-5-10-8(2)6-12-11(10)13-7-9/h5-7H,3-4H2,1-2H3,(H,12,13). The van der Waals surface area contributed by atoms with Crippen LogP contribution < -0.4 is 0 Å². The van der Waals surface area contributed by atoms with Gasteiger partial charge in [-0.15, -0.1) is 0 Å². The minimum absolute atomic E-state index is 0.998. The Bertz CT molecular complexity index is 415. The van der Waals surface area contributed by atoms with Crippen LogP contribution in [0.4, 0.5) is 0 Å². The summed E-state index contributed by atoms with van der Waals surface area (Å²) in [5.74, 6) is 0. The number of aromatic nitrogens is 2. The molecule has 0 aliphatic rings. The number of H-pyrrole nitrogens is 1. The second kappa shape index (κ2) is 3.21. The predicted octanol–water partition coefficient (Wildman–Crippen LogP) is 2.82. The summed E-state index contributed by atoms with van der Waals surface area (Å²) < 4.78 is 0. The molecule has 0 aromatic carbocycles. The largest absolute Gasteiger partial charge is 0.346 e. The van der Waals surface area contributed by atoms with Crippen LogP contribution in [0.3, 0.4) is 0 Å². The van der Waals surface area contributed by atoms with Crippen LogP contribution in [-0.4, -0.2) is 9.97 Å². The second-order valence-electron chi connectivity index (χ2n) is 3.46. The summed E-state index contributed by atoms with van der Waals surface area (Å²) in [5, 5.41) is 1.26. The Hall–Kier alpha value is -1.31. The lowest BCUT2D eigenvalue weighted by Gasteiger charge is -1.98. The minimum Gasteiger partial charge on any atom is -0.346 e. The van der Waals surface area contributed by atoms with Crippen molar-refractivity contribution in [1.82, 2.24) is 9.97 Å².